The lowest BCUT2D eigenvalue weighted by Crippen LogP contribution is -2.24. The van der Waals surface area contributed by atoms with Gasteiger partial charge >= 0.3 is 0 Å². The molecule has 0 saturated heterocycles. The average Bonchev–Trinajstić information content (AvgIpc) is 3.11. The van der Waals surface area contributed by atoms with E-state index < -0.39 is 0 Å². The van der Waals surface area contributed by atoms with E-state index in [2.05, 4.69) is 32.4 Å². The van der Waals surface area contributed by atoms with Crippen LogP contribution in [0.25, 0.3) is 16.6 Å². The highest BCUT2D eigenvalue weighted by molar-refractivity contribution is 7.71. The Kier molecular flexibility index (Phi) is 3.58. The molecule has 5 nitrogen and oxygen atoms in total. The van der Waals surface area contributed by atoms with Crippen LogP contribution in [0, 0.1) is 4.77 Å². The van der Waals surface area contributed by atoms with Gasteiger partial charge in [-0.25, -0.2) is 0 Å². The molecule has 2 aromatic heterocycles. The average molecular weight is 372 g/mol. The molecule has 4 aromatic rings. The number of aromatic amines is 3. The van der Waals surface area contributed by atoms with Gasteiger partial charge in [-0.2, -0.15) is 0 Å². The molecule has 132 valence electrons. The van der Waals surface area contributed by atoms with Crippen molar-refractivity contribution >= 4 is 34.6 Å². The summed E-state index contributed by atoms with van der Waals surface area (Å²) in [4.78, 5) is 21.9. The topological polar surface area (TPSA) is 76.5 Å². The smallest absolute Gasteiger partial charge is 0.257 e. The summed E-state index contributed by atoms with van der Waals surface area (Å²) in [6, 6.07) is 18.2. The molecule has 0 fully saturated rings. The molecule has 0 radical (unpaired) electrons. The lowest BCUT2D eigenvalue weighted by Gasteiger charge is -2.25. The van der Waals surface area contributed by atoms with Crippen molar-refractivity contribution in [1.82, 2.24) is 15.0 Å². The van der Waals surface area contributed by atoms with Crippen LogP contribution >= 0.6 is 12.2 Å². The number of H-pyrrole nitrogens is 3. The second kappa shape index (κ2) is 6.10. The van der Waals surface area contributed by atoms with Crippen molar-refractivity contribution in [2.45, 2.75) is 5.92 Å². The summed E-state index contributed by atoms with van der Waals surface area (Å²) in [6.45, 7) is 0. The summed E-state index contributed by atoms with van der Waals surface area (Å²) in [5.74, 6) is 0.434. The number of benzene rings is 2. The standard InChI is InChI=1S/C21H16N4OS/c26-20-18-14(15-11-22-16-9-5-4-8-13(15)16)10-17(12-6-2-1-3-7-12)23-19(18)24-21(27)25-20/h1-11,14,22H,(H3,23,24,25,26,27). The van der Waals surface area contributed by atoms with E-state index in [4.69, 9.17) is 12.2 Å². The quantitative estimate of drug-likeness (QED) is 0.391. The molecule has 0 saturated carbocycles. The molecule has 0 aliphatic carbocycles. The summed E-state index contributed by atoms with van der Waals surface area (Å²) < 4.78 is 0.304. The highest BCUT2D eigenvalue weighted by atomic mass is 32.1. The van der Waals surface area contributed by atoms with Crippen LogP contribution in [-0.2, 0) is 0 Å². The maximum Gasteiger partial charge on any atom is 0.257 e. The fourth-order valence-electron chi connectivity index (χ4n) is 3.70. The van der Waals surface area contributed by atoms with Gasteiger partial charge in [0.05, 0.1) is 5.56 Å². The Bertz CT molecular complexity index is 1300. The van der Waals surface area contributed by atoms with Gasteiger partial charge in [0.25, 0.3) is 5.56 Å². The summed E-state index contributed by atoms with van der Waals surface area (Å²) in [7, 11) is 0. The van der Waals surface area contributed by atoms with Crippen LogP contribution in [0.2, 0.25) is 0 Å². The van der Waals surface area contributed by atoms with E-state index in [1.54, 1.807) is 0 Å². The maximum atomic E-state index is 12.7. The second-order valence-corrected chi connectivity index (χ2v) is 6.94. The molecule has 1 atom stereocenters. The summed E-state index contributed by atoms with van der Waals surface area (Å²) in [5, 5.41) is 4.44. The summed E-state index contributed by atoms with van der Waals surface area (Å²) in [6.07, 6.45) is 4.07. The Morgan fingerprint density at radius 3 is 2.56 bits per heavy atom. The van der Waals surface area contributed by atoms with E-state index in [9.17, 15) is 4.79 Å². The molecule has 27 heavy (non-hydrogen) atoms. The predicted molar refractivity (Wildman–Crippen MR) is 110 cm³/mol. The largest absolute Gasteiger partial charge is 0.361 e. The first-order chi connectivity index (χ1) is 13.2. The zero-order valence-electron chi connectivity index (χ0n) is 14.2. The Balaban J connectivity index is 1.78. The van der Waals surface area contributed by atoms with Crippen LogP contribution in [0.15, 0.2) is 71.7 Å². The lowest BCUT2D eigenvalue weighted by molar-refractivity contribution is 0.936. The van der Waals surface area contributed by atoms with E-state index in [1.165, 1.54) is 0 Å². The molecule has 3 heterocycles. The maximum absolute atomic E-state index is 12.7. The van der Waals surface area contributed by atoms with Crippen molar-refractivity contribution in [3.05, 3.63) is 98.7 Å². The monoisotopic (exact) mass is 372 g/mol. The molecular formula is C21H16N4OS. The van der Waals surface area contributed by atoms with Gasteiger partial charge in [0.1, 0.15) is 5.82 Å². The molecule has 1 aliphatic heterocycles. The van der Waals surface area contributed by atoms with Crippen molar-refractivity contribution in [3.63, 3.8) is 0 Å². The third-order valence-corrected chi connectivity index (χ3v) is 5.13. The van der Waals surface area contributed by atoms with Gasteiger partial charge in [0, 0.05) is 28.7 Å². The number of allylic oxidation sites excluding steroid dienone is 1. The van der Waals surface area contributed by atoms with Gasteiger partial charge in [0.15, 0.2) is 4.77 Å². The molecule has 2 aromatic carbocycles. The van der Waals surface area contributed by atoms with Gasteiger partial charge < -0.3 is 15.3 Å². The van der Waals surface area contributed by atoms with Crippen molar-refractivity contribution in [3.8, 4) is 0 Å². The third-order valence-electron chi connectivity index (χ3n) is 4.92. The Morgan fingerprint density at radius 1 is 0.926 bits per heavy atom. The van der Waals surface area contributed by atoms with Crippen LogP contribution < -0.4 is 10.9 Å². The second-order valence-electron chi connectivity index (χ2n) is 6.54. The molecule has 4 N–H and O–H groups in total. The SMILES string of the molecule is O=c1[nH]c(=S)[nH]c2c1C(c1c[nH]c3ccccc13)C=C(c1ccccc1)N2. The Labute approximate surface area is 159 Å². The number of hydrogen-bond donors (Lipinski definition) is 4. The third kappa shape index (κ3) is 2.62. The van der Waals surface area contributed by atoms with E-state index in [-0.39, 0.29) is 11.5 Å². The molecule has 0 amide bonds. The Morgan fingerprint density at radius 2 is 1.70 bits per heavy atom. The zero-order valence-corrected chi connectivity index (χ0v) is 15.1. The van der Waals surface area contributed by atoms with Gasteiger partial charge in [-0.1, -0.05) is 48.5 Å². The minimum atomic E-state index is -0.205. The van der Waals surface area contributed by atoms with Crippen molar-refractivity contribution in [2.75, 3.05) is 5.32 Å². The molecular weight excluding hydrogens is 356 g/mol. The minimum absolute atomic E-state index is 0.181. The number of anilines is 1. The molecule has 0 spiro atoms. The van der Waals surface area contributed by atoms with E-state index in [0.29, 0.717) is 16.2 Å². The number of para-hydroxylation sites is 1. The minimum Gasteiger partial charge on any atom is -0.361 e. The summed E-state index contributed by atoms with van der Waals surface area (Å²) in [5.41, 5.74) is 4.54. The number of hydrogen-bond acceptors (Lipinski definition) is 3. The van der Waals surface area contributed by atoms with Crippen LogP contribution in [-0.4, -0.2) is 15.0 Å². The highest BCUT2D eigenvalue weighted by Crippen LogP contribution is 2.38. The van der Waals surface area contributed by atoms with Gasteiger partial charge in [-0.05, 0) is 35.5 Å². The zero-order chi connectivity index (χ0) is 18.4. The Hall–Kier alpha value is -3.38. The molecule has 1 aliphatic rings. The van der Waals surface area contributed by atoms with Crippen LogP contribution in [0.1, 0.15) is 22.6 Å². The fourth-order valence-corrected chi connectivity index (χ4v) is 3.90. The van der Waals surface area contributed by atoms with E-state index in [1.807, 2.05) is 54.7 Å². The van der Waals surface area contributed by atoms with Crippen LogP contribution in [0.3, 0.4) is 0 Å². The number of nitrogens with one attached hydrogen (secondary N) is 4. The predicted octanol–water partition coefficient (Wildman–Crippen LogP) is 4.51. The first-order valence-electron chi connectivity index (χ1n) is 8.67. The van der Waals surface area contributed by atoms with Gasteiger partial charge in [0.2, 0.25) is 0 Å². The van der Waals surface area contributed by atoms with Crippen molar-refractivity contribution in [1.29, 1.82) is 0 Å². The van der Waals surface area contributed by atoms with Gasteiger partial charge in [-0.3, -0.25) is 9.78 Å². The molecule has 0 bridgehead atoms. The van der Waals surface area contributed by atoms with Crippen LogP contribution in [0.5, 0.6) is 0 Å². The lowest BCUT2D eigenvalue weighted by atomic mass is 9.88. The molecule has 1 unspecified atom stereocenters. The first kappa shape index (κ1) is 15.8. The van der Waals surface area contributed by atoms with Gasteiger partial charge in [-0.15, -0.1) is 0 Å². The summed E-state index contributed by atoms with van der Waals surface area (Å²) >= 11 is 5.18. The number of aromatic nitrogens is 3. The molecule has 6 heteroatoms. The first-order valence-corrected chi connectivity index (χ1v) is 9.08. The van der Waals surface area contributed by atoms with Crippen molar-refractivity contribution in [2.24, 2.45) is 0 Å². The van der Waals surface area contributed by atoms with Crippen molar-refractivity contribution < 1.29 is 0 Å². The number of fused-ring (bicyclic) bond motifs is 2. The normalized spacial score (nSPS) is 15.9. The van der Waals surface area contributed by atoms with E-state index >= 15 is 0 Å². The number of rotatable bonds is 2. The fraction of sp³-hybridized carbons (Fsp3) is 0.0476. The highest BCUT2D eigenvalue weighted by Gasteiger charge is 2.27. The van der Waals surface area contributed by atoms with E-state index in [0.717, 1.165) is 27.7 Å². The molecule has 5 rings (SSSR count). The van der Waals surface area contributed by atoms with Crippen LogP contribution in [0.4, 0.5) is 5.82 Å².